The average Bonchev–Trinajstić information content (AvgIpc) is 2.96. The van der Waals surface area contributed by atoms with Crippen molar-refractivity contribution >= 4 is 10.0 Å². The zero-order valence-electron chi connectivity index (χ0n) is 9.16. The molecule has 1 aliphatic rings. The van der Waals surface area contributed by atoms with Crippen molar-refractivity contribution in [2.45, 2.75) is 25.8 Å². The Balaban J connectivity index is 2.00. The van der Waals surface area contributed by atoms with Crippen LogP contribution in [0, 0.1) is 0 Å². The summed E-state index contributed by atoms with van der Waals surface area (Å²) in [4.78, 5) is 0. The maximum absolute atomic E-state index is 11.3. The molecule has 0 saturated heterocycles. The Hall–Kier alpha value is -0.170. The molecule has 0 aromatic carbocycles. The lowest BCUT2D eigenvalue weighted by molar-refractivity contribution is 0.163. The lowest BCUT2D eigenvalue weighted by Gasteiger charge is -2.07. The van der Waals surface area contributed by atoms with Crippen LogP contribution in [0.15, 0.2) is 0 Å². The van der Waals surface area contributed by atoms with Gasteiger partial charge in [0.1, 0.15) is 0 Å². The van der Waals surface area contributed by atoms with Gasteiger partial charge in [-0.15, -0.1) is 0 Å². The average molecular weight is 236 g/mol. The topological polar surface area (TPSA) is 67.4 Å². The maximum atomic E-state index is 11.3. The first-order chi connectivity index (χ1) is 7.14. The van der Waals surface area contributed by atoms with E-state index in [-0.39, 0.29) is 12.4 Å². The summed E-state index contributed by atoms with van der Waals surface area (Å²) in [7, 11) is -3.15. The molecule has 0 heterocycles. The monoisotopic (exact) mass is 236 g/mol. The van der Waals surface area contributed by atoms with Crippen molar-refractivity contribution in [3.05, 3.63) is 0 Å². The second-order valence-electron chi connectivity index (χ2n) is 3.64. The smallest absolute Gasteiger partial charge is 0.213 e. The van der Waals surface area contributed by atoms with Crippen LogP contribution in [-0.2, 0) is 14.8 Å². The van der Waals surface area contributed by atoms with Crippen molar-refractivity contribution in [2.24, 2.45) is 0 Å². The van der Waals surface area contributed by atoms with Crippen molar-refractivity contribution in [3.8, 4) is 0 Å². The summed E-state index contributed by atoms with van der Waals surface area (Å²) in [6, 6.07) is 0.623. The molecule has 1 fully saturated rings. The Bertz CT molecular complexity index is 263. The molecule has 90 valence electrons. The van der Waals surface area contributed by atoms with E-state index in [4.69, 9.17) is 4.74 Å². The molecule has 0 aliphatic heterocycles. The van der Waals surface area contributed by atoms with Gasteiger partial charge in [0.25, 0.3) is 0 Å². The number of rotatable bonds is 9. The summed E-state index contributed by atoms with van der Waals surface area (Å²) in [5, 5.41) is 3.24. The SMILES string of the molecule is CCOCCS(=O)(=O)NCCNC1CC1. The van der Waals surface area contributed by atoms with E-state index in [0.29, 0.717) is 25.7 Å². The molecular weight excluding hydrogens is 216 g/mol. The van der Waals surface area contributed by atoms with Gasteiger partial charge in [-0.2, -0.15) is 0 Å². The Morgan fingerprint density at radius 2 is 2.07 bits per heavy atom. The molecule has 0 atom stereocenters. The fourth-order valence-electron chi connectivity index (χ4n) is 1.16. The van der Waals surface area contributed by atoms with Gasteiger partial charge in [-0.1, -0.05) is 0 Å². The number of nitrogens with one attached hydrogen (secondary N) is 2. The fourth-order valence-corrected chi connectivity index (χ4v) is 2.05. The normalized spacial score (nSPS) is 16.9. The lowest BCUT2D eigenvalue weighted by Crippen LogP contribution is -2.35. The quantitative estimate of drug-likeness (QED) is 0.539. The number of hydrogen-bond acceptors (Lipinski definition) is 4. The Kier molecular flexibility index (Phi) is 5.52. The van der Waals surface area contributed by atoms with E-state index in [2.05, 4.69) is 10.0 Å². The predicted molar refractivity (Wildman–Crippen MR) is 59.3 cm³/mol. The van der Waals surface area contributed by atoms with E-state index >= 15 is 0 Å². The highest BCUT2D eigenvalue weighted by Crippen LogP contribution is 2.17. The van der Waals surface area contributed by atoms with E-state index in [9.17, 15) is 8.42 Å². The van der Waals surface area contributed by atoms with Crippen LogP contribution in [0.2, 0.25) is 0 Å². The predicted octanol–water partition coefficient (Wildman–Crippen LogP) is -0.306. The first-order valence-electron chi connectivity index (χ1n) is 5.42. The van der Waals surface area contributed by atoms with Crippen molar-refractivity contribution in [1.82, 2.24) is 10.0 Å². The van der Waals surface area contributed by atoms with Crippen LogP contribution >= 0.6 is 0 Å². The van der Waals surface area contributed by atoms with Gasteiger partial charge in [0.05, 0.1) is 12.4 Å². The summed E-state index contributed by atoms with van der Waals surface area (Å²) in [5.41, 5.74) is 0. The van der Waals surface area contributed by atoms with Crippen LogP contribution in [0.3, 0.4) is 0 Å². The van der Waals surface area contributed by atoms with E-state index in [1.807, 2.05) is 6.92 Å². The molecule has 1 rings (SSSR count). The Labute approximate surface area is 91.6 Å². The molecule has 0 aromatic rings. The van der Waals surface area contributed by atoms with Crippen LogP contribution < -0.4 is 10.0 Å². The Morgan fingerprint density at radius 1 is 1.33 bits per heavy atom. The van der Waals surface area contributed by atoms with Crippen LogP contribution in [0.1, 0.15) is 19.8 Å². The minimum Gasteiger partial charge on any atom is -0.381 e. The molecule has 0 aromatic heterocycles. The number of hydrogen-bond donors (Lipinski definition) is 2. The molecule has 0 amide bonds. The summed E-state index contributed by atoms with van der Waals surface area (Å²) in [6.45, 7) is 3.84. The number of ether oxygens (including phenoxy) is 1. The van der Waals surface area contributed by atoms with E-state index in [0.717, 1.165) is 0 Å². The van der Waals surface area contributed by atoms with Crippen LogP contribution in [-0.4, -0.2) is 46.5 Å². The van der Waals surface area contributed by atoms with Crippen molar-refractivity contribution in [1.29, 1.82) is 0 Å². The van der Waals surface area contributed by atoms with Crippen molar-refractivity contribution < 1.29 is 13.2 Å². The standard InChI is InChI=1S/C9H20N2O3S/c1-2-14-7-8-15(12,13)11-6-5-10-9-3-4-9/h9-11H,2-8H2,1H3. The highest BCUT2D eigenvalue weighted by molar-refractivity contribution is 7.89. The molecule has 0 unspecified atom stereocenters. The number of sulfonamides is 1. The Morgan fingerprint density at radius 3 is 2.67 bits per heavy atom. The van der Waals surface area contributed by atoms with Crippen molar-refractivity contribution in [2.75, 3.05) is 32.1 Å². The van der Waals surface area contributed by atoms with E-state index in [1.54, 1.807) is 0 Å². The molecule has 0 radical (unpaired) electrons. The summed E-state index contributed by atoms with van der Waals surface area (Å²) < 4.78 is 30.2. The van der Waals surface area contributed by atoms with Gasteiger partial charge < -0.3 is 10.1 Å². The molecule has 2 N–H and O–H groups in total. The molecule has 6 heteroatoms. The van der Waals surface area contributed by atoms with Crippen molar-refractivity contribution in [3.63, 3.8) is 0 Å². The second kappa shape index (κ2) is 6.42. The van der Waals surface area contributed by atoms with Gasteiger partial charge in [0.2, 0.25) is 10.0 Å². The van der Waals surface area contributed by atoms with E-state index < -0.39 is 10.0 Å². The van der Waals surface area contributed by atoms with Crippen LogP contribution in [0.25, 0.3) is 0 Å². The van der Waals surface area contributed by atoms with Gasteiger partial charge in [-0.3, -0.25) is 0 Å². The third-order valence-corrected chi connectivity index (χ3v) is 3.51. The summed E-state index contributed by atoms with van der Waals surface area (Å²) >= 11 is 0. The highest BCUT2D eigenvalue weighted by atomic mass is 32.2. The van der Waals surface area contributed by atoms with Gasteiger partial charge in [-0.05, 0) is 19.8 Å². The largest absolute Gasteiger partial charge is 0.381 e. The molecule has 0 bridgehead atoms. The molecule has 15 heavy (non-hydrogen) atoms. The highest BCUT2D eigenvalue weighted by Gasteiger charge is 2.19. The molecular formula is C9H20N2O3S. The summed E-state index contributed by atoms with van der Waals surface area (Å²) in [5.74, 6) is 0.0459. The molecule has 1 saturated carbocycles. The first kappa shape index (κ1) is 12.9. The fraction of sp³-hybridized carbons (Fsp3) is 1.00. The zero-order chi connectivity index (χ0) is 11.1. The summed E-state index contributed by atoms with van der Waals surface area (Å²) in [6.07, 6.45) is 2.44. The van der Waals surface area contributed by atoms with Gasteiger partial charge in [0, 0.05) is 25.7 Å². The van der Waals surface area contributed by atoms with Gasteiger partial charge in [-0.25, -0.2) is 13.1 Å². The second-order valence-corrected chi connectivity index (χ2v) is 5.56. The van der Waals surface area contributed by atoms with Crippen LogP contribution in [0.5, 0.6) is 0 Å². The van der Waals surface area contributed by atoms with Gasteiger partial charge >= 0.3 is 0 Å². The molecule has 0 spiro atoms. The lowest BCUT2D eigenvalue weighted by atomic mass is 10.6. The molecule has 1 aliphatic carbocycles. The minimum absolute atomic E-state index is 0.0459. The third kappa shape index (κ3) is 6.83. The first-order valence-corrected chi connectivity index (χ1v) is 7.08. The third-order valence-electron chi connectivity index (χ3n) is 2.16. The minimum atomic E-state index is -3.15. The maximum Gasteiger partial charge on any atom is 0.213 e. The van der Waals surface area contributed by atoms with Gasteiger partial charge in [0.15, 0.2) is 0 Å². The zero-order valence-corrected chi connectivity index (χ0v) is 9.98. The molecule has 5 nitrogen and oxygen atoms in total. The van der Waals surface area contributed by atoms with E-state index in [1.165, 1.54) is 12.8 Å². The van der Waals surface area contributed by atoms with Crippen LogP contribution in [0.4, 0.5) is 0 Å².